The van der Waals surface area contributed by atoms with Gasteiger partial charge in [0, 0.05) is 29.6 Å². The molecule has 0 fully saturated rings. The fraction of sp³-hybridized carbons (Fsp3) is 0.211. The molecular weight excluding hydrogens is 396 g/mol. The molecule has 0 atom stereocenters. The maximum atomic E-state index is 12.3. The van der Waals surface area contributed by atoms with Crippen molar-refractivity contribution >= 4 is 34.7 Å². The summed E-state index contributed by atoms with van der Waals surface area (Å²) in [7, 11) is 0. The van der Waals surface area contributed by atoms with Crippen LogP contribution in [0.3, 0.4) is 0 Å². The monoisotopic (exact) mass is 414 g/mol. The van der Waals surface area contributed by atoms with Gasteiger partial charge in [-0.25, -0.2) is 0 Å². The molecule has 0 saturated carbocycles. The van der Waals surface area contributed by atoms with E-state index in [4.69, 9.17) is 9.47 Å². The van der Waals surface area contributed by atoms with Crippen molar-refractivity contribution in [3.63, 3.8) is 0 Å². The number of aromatic nitrogens is 3. The van der Waals surface area contributed by atoms with E-state index in [-0.39, 0.29) is 18.5 Å². The lowest BCUT2D eigenvalue weighted by atomic mass is 10.3. The second kappa shape index (κ2) is 8.49. The van der Waals surface area contributed by atoms with Gasteiger partial charge in [-0.1, -0.05) is 23.9 Å². The van der Waals surface area contributed by atoms with Crippen LogP contribution in [0.4, 0.5) is 5.69 Å². The molecule has 7 nitrogen and oxygen atoms in total. The number of allylic oxidation sites excluding steroid dienone is 1. The Hall–Kier alpha value is -2.78. The Labute approximate surface area is 170 Å². The van der Waals surface area contributed by atoms with Gasteiger partial charge in [-0.05, 0) is 23.6 Å². The third-order valence-electron chi connectivity index (χ3n) is 4.01. The first-order chi connectivity index (χ1) is 13.7. The van der Waals surface area contributed by atoms with E-state index in [1.54, 1.807) is 35.6 Å². The topological polar surface area (TPSA) is 78.3 Å². The first kappa shape index (κ1) is 18.6. The van der Waals surface area contributed by atoms with E-state index in [0.29, 0.717) is 35.3 Å². The van der Waals surface area contributed by atoms with Crippen molar-refractivity contribution in [2.75, 3.05) is 17.9 Å². The molecule has 9 heteroatoms. The quantitative estimate of drug-likeness (QED) is 0.448. The largest absolute Gasteiger partial charge is 0.454 e. The average Bonchev–Trinajstić information content (AvgIpc) is 3.43. The van der Waals surface area contributed by atoms with Crippen LogP contribution in [0.15, 0.2) is 53.5 Å². The molecule has 3 aromatic rings. The van der Waals surface area contributed by atoms with Gasteiger partial charge in [0.25, 0.3) is 0 Å². The first-order valence-electron chi connectivity index (χ1n) is 8.60. The van der Waals surface area contributed by atoms with Crippen LogP contribution in [0, 0.1) is 0 Å². The van der Waals surface area contributed by atoms with Gasteiger partial charge in [0.2, 0.25) is 12.7 Å². The van der Waals surface area contributed by atoms with Crippen LogP contribution in [-0.2, 0) is 17.8 Å². The molecule has 0 bridgehead atoms. The highest BCUT2D eigenvalue weighted by molar-refractivity contribution is 7.99. The van der Waals surface area contributed by atoms with Crippen molar-refractivity contribution in [1.29, 1.82) is 0 Å². The average molecular weight is 415 g/mol. The minimum atomic E-state index is -0.128. The third kappa shape index (κ3) is 4.20. The van der Waals surface area contributed by atoms with Crippen LogP contribution >= 0.6 is 23.1 Å². The Bertz CT molecular complexity index is 985. The molecule has 2 aromatic heterocycles. The summed E-state index contributed by atoms with van der Waals surface area (Å²) < 4.78 is 12.6. The summed E-state index contributed by atoms with van der Waals surface area (Å²) in [4.78, 5) is 13.6. The van der Waals surface area contributed by atoms with Crippen LogP contribution in [-0.4, -0.2) is 33.2 Å². The predicted molar refractivity (Wildman–Crippen MR) is 109 cm³/mol. The van der Waals surface area contributed by atoms with Gasteiger partial charge in [-0.2, -0.15) is 0 Å². The fourth-order valence-corrected chi connectivity index (χ4v) is 4.21. The molecule has 1 aromatic carbocycles. The molecule has 3 heterocycles. The maximum Gasteiger partial charge on any atom is 0.234 e. The Morgan fingerprint density at radius 3 is 3.04 bits per heavy atom. The summed E-state index contributed by atoms with van der Waals surface area (Å²) in [5.74, 6) is 2.28. The molecule has 1 N–H and O–H groups in total. The number of rotatable bonds is 8. The number of amides is 1. The van der Waals surface area contributed by atoms with Crippen molar-refractivity contribution < 1.29 is 14.3 Å². The highest BCUT2D eigenvalue weighted by Gasteiger charge is 2.16. The number of nitrogens with zero attached hydrogens (tertiary/aromatic N) is 3. The molecule has 0 saturated heterocycles. The van der Waals surface area contributed by atoms with E-state index < -0.39 is 0 Å². The number of carbonyl (C=O) groups is 1. The van der Waals surface area contributed by atoms with Gasteiger partial charge in [-0.15, -0.1) is 28.1 Å². The molecule has 4 rings (SSSR count). The zero-order valence-corrected chi connectivity index (χ0v) is 16.6. The summed E-state index contributed by atoms with van der Waals surface area (Å²) in [6, 6.07) is 9.41. The van der Waals surface area contributed by atoms with Crippen LogP contribution < -0.4 is 14.8 Å². The smallest absolute Gasteiger partial charge is 0.234 e. The van der Waals surface area contributed by atoms with Crippen molar-refractivity contribution in [2.45, 2.75) is 18.1 Å². The fourth-order valence-electron chi connectivity index (χ4n) is 2.74. The van der Waals surface area contributed by atoms with Crippen molar-refractivity contribution in [3.05, 3.63) is 59.1 Å². The summed E-state index contributed by atoms with van der Waals surface area (Å²) in [5.41, 5.74) is 0.667. The number of carbonyl (C=O) groups excluding carboxylic acids is 1. The minimum absolute atomic E-state index is 0.128. The molecule has 0 radical (unpaired) electrons. The zero-order chi connectivity index (χ0) is 19.3. The third-order valence-corrected chi connectivity index (χ3v) is 5.85. The molecule has 144 valence electrons. The summed E-state index contributed by atoms with van der Waals surface area (Å²) in [5, 5.41) is 14.2. The highest BCUT2D eigenvalue weighted by Crippen LogP contribution is 2.34. The SMILES string of the molecule is C=CCn1c(Cc2cccs2)nnc1SCC(=O)Nc1ccc2c(c1)OCO2. The van der Waals surface area contributed by atoms with E-state index in [2.05, 4.69) is 28.2 Å². The lowest BCUT2D eigenvalue weighted by molar-refractivity contribution is -0.113. The summed E-state index contributed by atoms with van der Waals surface area (Å²) >= 11 is 3.03. The van der Waals surface area contributed by atoms with Gasteiger partial charge in [-0.3, -0.25) is 4.79 Å². The van der Waals surface area contributed by atoms with Crippen molar-refractivity contribution in [3.8, 4) is 11.5 Å². The Morgan fingerprint density at radius 1 is 1.32 bits per heavy atom. The molecule has 28 heavy (non-hydrogen) atoms. The predicted octanol–water partition coefficient (Wildman–Crippen LogP) is 3.58. The number of thioether (sulfide) groups is 1. The van der Waals surface area contributed by atoms with Crippen LogP contribution in [0.5, 0.6) is 11.5 Å². The van der Waals surface area contributed by atoms with Crippen molar-refractivity contribution in [2.24, 2.45) is 0 Å². The van der Waals surface area contributed by atoms with Gasteiger partial charge in [0.05, 0.1) is 5.75 Å². The number of benzene rings is 1. The standard InChI is InChI=1S/C19H18N4O3S2/c1-2-7-23-17(10-14-4-3-8-27-14)21-22-19(23)28-11-18(24)20-13-5-6-15-16(9-13)26-12-25-15/h2-6,8-9H,1,7,10-12H2,(H,20,24). The molecule has 0 unspecified atom stereocenters. The molecule has 0 spiro atoms. The number of thiophene rings is 1. The molecule has 1 aliphatic heterocycles. The van der Waals surface area contributed by atoms with Gasteiger partial charge in [0.15, 0.2) is 16.7 Å². The number of fused-ring (bicyclic) bond motifs is 1. The van der Waals surface area contributed by atoms with E-state index in [1.807, 2.05) is 16.0 Å². The Balaban J connectivity index is 1.39. The van der Waals surface area contributed by atoms with Crippen LogP contribution in [0.1, 0.15) is 10.7 Å². The molecular formula is C19H18N4O3S2. The first-order valence-corrected chi connectivity index (χ1v) is 10.5. The lowest BCUT2D eigenvalue weighted by Crippen LogP contribution is -2.14. The molecule has 0 aliphatic carbocycles. The molecule has 1 aliphatic rings. The van der Waals surface area contributed by atoms with E-state index in [9.17, 15) is 4.79 Å². The Kier molecular flexibility index (Phi) is 5.63. The van der Waals surface area contributed by atoms with Gasteiger partial charge in [0.1, 0.15) is 5.82 Å². The second-order valence-electron chi connectivity index (χ2n) is 5.96. The minimum Gasteiger partial charge on any atom is -0.454 e. The summed E-state index contributed by atoms with van der Waals surface area (Å²) in [6.45, 7) is 4.61. The van der Waals surface area contributed by atoms with Crippen LogP contribution in [0.2, 0.25) is 0 Å². The Morgan fingerprint density at radius 2 is 2.21 bits per heavy atom. The van der Waals surface area contributed by atoms with Crippen LogP contribution in [0.25, 0.3) is 0 Å². The van der Waals surface area contributed by atoms with Gasteiger partial charge < -0.3 is 19.4 Å². The maximum absolute atomic E-state index is 12.3. The molecule has 1 amide bonds. The van der Waals surface area contributed by atoms with E-state index in [1.165, 1.54) is 16.6 Å². The second-order valence-corrected chi connectivity index (χ2v) is 7.93. The number of anilines is 1. The lowest BCUT2D eigenvalue weighted by Gasteiger charge is -2.08. The summed E-state index contributed by atoms with van der Waals surface area (Å²) in [6.07, 6.45) is 2.51. The normalized spacial score (nSPS) is 12.1. The number of hydrogen-bond donors (Lipinski definition) is 1. The van der Waals surface area contributed by atoms with E-state index >= 15 is 0 Å². The number of ether oxygens (including phenoxy) is 2. The number of hydrogen-bond acceptors (Lipinski definition) is 7. The van der Waals surface area contributed by atoms with E-state index in [0.717, 1.165) is 5.82 Å². The highest BCUT2D eigenvalue weighted by atomic mass is 32.2. The number of nitrogens with one attached hydrogen (secondary N) is 1. The van der Waals surface area contributed by atoms with Gasteiger partial charge >= 0.3 is 0 Å². The zero-order valence-electron chi connectivity index (χ0n) is 15.0. The van der Waals surface area contributed by atoms with Crippen molar-refractivity contribution in [1.82, 2.24) is 14.8 Å².